The molecular weight excluding hydrogens is 622 g/mol. The fourth-order valence-electron chi connectivity index (χ4n) is 5.46. The van der Waals surface area contributed by atoms with Crippen molar-refractivity contribution in [3.63, 3.8) is 0 Å². The molecule has 212 valence electrons. The lowest BCUT2D eigenvalue weighted by Crippen LogP contribution is -2.38. The number of ether oxygens (including phenoxy) is 2. The molecule has 42 heavy (non-hydrogen) atoms. The summed E-state index contributed by atoms with van der Waals surface area (Å²) >= 11 is 4.72. The number of halogens is 1. The summed E-state index contributed by atoms with van der Waals surface area (Å²) in [7, 11) is 0. The Morgan fingerprint density at radius 2 is 2.00 bits per heavy atom. The SMILES string of the molecule is CCOc1cc(/C=c2/sc3n(c2=O)[C@@H](c2cccc([N+](=O)[O-])c2)C2=C(N=3)c3ccccc3CC2)cc(Br)c1OC(C)=O. The van der Waals surface area contributed by atoms with E-state index in [9.17, 15) is 19.7 Å². The highest BCUT2D eigenvalue weighted by Crippen LogP contribution is 2.42. The molecule has 11 heteroatoms. The average molecular weight is 647 g/mol. The van der Waals surface area contributed by atoms with Gasteiger partial charge < -0.3 is 9.47 Å². The maximum Gasteiger partial charge on any atom is 0.308 e. The number of fused-ring (bicyclic) bond motifs is 3. The zero-order valence-corrected chi connectivity index (χ0v) is 25.0. The van der Waals surface area contributed by atoms with Crippen molar-refractivity contribution >= 4 is 50.7 Å². The highest BCUT2D eigenvalue weighted by Gasteiger charge is 2.33. The summed E-state index contributed by atoms with van der Waals surface area (Å²) in [5.74, 6) is 0.145. The molecule has 0 unspecified atom stereocenters. The van der Waals surface area contributed by atoms with Crippen LogP contribution in [0.4, 0.5) is 5.69 Å². The molecule has 1 aliphatic carbocycles. The standard InChI is InChI=1S/C31H24BrN3O6S/c1-3-40-25-14-18(13-24(32)29(25)41-17(2)36)15-26-30(37)34-28(20-8-6-9-21(16-20)35(38)39)23-12-11-19-7-4-5-10-22(19)27(23)33-31(34)42-26/h4-10,13-16,28H,3,11-12H2,1-2H3/b26-15+/t28-/m0/s1. The van der Waals surface area contributed by atoms with E-state index < -0.39 is 16.9 Å². The molecule has 0 spiro atoms. The maximum absolute atomic E-state index is 14.1. The minimum absolute atomic E-state index is 0.0360. The van der Waals surface area contributed by atoms with Gasteiger partial charge in [-0.25, -0.2) is 4.99 Å². The van der Waals surface area contributed by atoms with Gasteiger partial charge in [-0.2, -0.15) is 0 Å². The molecule has 1 atom stereocenters. The first-order valence-corrected chi connectivity index (χ1v) is 14.9. The molecule has 0 fully saturated rings. The van der Waals surface area contributed by atoms with Crippen LogP contribution in [0, 0.1) is 10.1 Å². The number of nitro groups is 1. The van der Waals surface area contributed by atoms with E-state index in [-0.39, 0.29) is 17.0 Å². The van der Waals surface area contributed by atoms with Crippen LogP contribution < -0.4 is 24.4 Å². The van der Waals surface area contributed by atoms with Crippen molar-refractivity contribution in [1.82, 2.24) is 4.57 Å². The highest BCUT2D eigenvalue weighted by molar-refractivity contribution is 9.10. The molecule has 1 aliphatic heterocycles. The van der Waals surface area contributed by atoms with Gasteiger partial charge in [0.15, 0.2) is 16.3 Å². The molecule has 0 saturated carbocycles. The Bertz CT molecular complexity index is 1990. The number of carbonyl (C=O) groups is 1. The van der Waals surface area contributed by atoms with Gasteiger partial charge in [-0.15, -0.1) is 0 Å². The van der Waals surface area contributed by atoms with Crippen molar-refractivity contribution < 1.29 is 19.2 Å². The van der Waals surface area contributed by atoms with Gasteiger partial charge in [0.2, 0.25) is 0 Å². The molecule has 3 aromatic carbocycles. The number of nitro benzene ring substituents is 1. The van der Waals surface area contributed by atoms with Gasteiger partial charge in [-0.3, -0.25) is 24.3 Å². The minimum Gasteiger partial charge on any atom is -0.490 e. The Morgan fingerprint density at radius 3 is 2.76 bits per heavy atom. The zero-order valence-electron chi connectivity index (χ0n) is 22.6. The molecule has 0 saturated heterocycles. The van der Waals surface area contributed by atoms with Gasteiger partial charge in [0, 0.05) is 24.6 Å². The number of hydrogen-bond donors (Lipinski definition) is 0. The monoisotopic (exact) mass is 645 g/mol. The second-order valence-electron chi connectivity index (χ2n) is 9.82. The first-order valence-electron chi connectivity index (χ1n) is 13.3. The molecule has 9 nitrogen and oxygen atoms in total. The van der Waals surface area contributed by atoms with Crippen LogP contribution in [0.3, 0.4) is 0 Å². The number of hydrogen-bond acceptors (Lipinski definition) is 8. The summed E-state index contributed by atoms with van der Waals surface area (Å²) < 4.78 is 13.7. The number of carbonyl (C=O) groups excluding carboxylic acids is 1. The van der Waals surface area contributed by atoms with Crippen LogP contribution in [0.2, 0.25) is 0 Å². The van der Waals surface area contributed by atoms with Gasteiger partial charge in [-0.1, -0.05) is 47.7 Å². The van der Waals surface area contributed by atoms with Crippen molar-refractivity contribution in [2.75, 3.05) is 6.61 Å². The summed E-state index contributed by atoms with van der Waals surface area (Å²) in [6, 6.07) is 17.5. The van der Waals surface area contributed by atoms with E-state index in [4.69, 9.17) is 14.5 Å². The van der Waals surface area contributed by atoms with Gasteiger partial charge in [0.1, 0.15) is 0 Å². The number of non-ortho nitro benzene ring substituents is 1. The molecule has 0 bridgehead atoms. The Morgan fingerprint density at radius 1 is 1.19 bits per heavy atom. The third-order valence-corrected chi connectivity index (χ3v) is 8.72. The van der Waals surface area contributed by atoms with Crippen LogP contribution in [0.25, 0.3) is 11.8 Å². The smallest absolute Gasteiger partial charge is 0.308 e. The van der Waals surface area contributed by atoms with Crippen LogP contribution in [-0.2, 0) is 11.2 Å². The predicted molar refractivity (Wildman–Crippen MR) is 162 cm³/mol. The number of allylic oxidation sites excluding steroid dienone is 1. The van der Waals surface area contributed by atoms with E-state index in [0.717, 1.165) is 23.3 Å². The molecule has 0 amide bonds. The van der Waals surface area contributed by atoms with Crippen molar-refractivity contribution in [3.05, 3.63) is 123 Å². The number of rotatable bonds is 6. The van der Waals surface area contributed by atoms with Crippen LogP contribution in [0.15, 0.2) is 80.5 Å². The summed E-state index contributed by atoms with van der Waals surface area (Å²) in [6.07, 6.45) is 3.20. The molecule has 4 aromatic rings. The number of benzene rings is 3. The van der Waals surface area contributed by atoms with Crippen molar-refractivity contribution in [1.29, 1.82) is 0 Å². The third-order valence-electron chi connectivity index (χ3n) is 7.14. The number of aromatic nitrogens is 1. The summed E-state index contributed by atoms with van der Waals surface area (Å²) in [6.45, 7) is 3.49. The van der Waals surface area contributed by atoms with E-state index >= 15 is 0 Å². The topological polar surface area (TPSA) is 113 Å². The van der Waals surface area contributed by atoms with Crippen LogP contribution in [0.5, 0.6) is 11.5 Å². The van der Waals surface area contributed by atoms with Gasteiger partial charge in [0.05, 0.1) is 32.3 Å². The molecule has 2 aliphatic rings. The lowest BCUT2D eigenvalue weighted by atomic mass is 9.83. The zero-order chi connectivity index (χ0) is 29.5. The summed E-state index contributed by atoms with van der Waals surface area (Å²) in [4.78, 5) is 42.4. The Kier molecular flexibility index (Phi) is 7.38. The molecule has 0 radical (unpaired) electrons. The van der Waals surface area contributed by atoms with E-state index in [1.807, 2.05) is 31.2 Å². The lowest BCUT2D eigenvalue weighted by molar-refractivity contribution is -0.384. The number of esters is 1. The third kappa shape index (κ3) is 4.99. The van der Waals surface area contributed by atoms with Crippen LogP contribution in [-0.4, -0.2) is 22.1 Å². The van der Waals surface area contributed by atoms with E-state index in [1.165, 1.54) is 36.0 Å². The van der Waals surface area contributed by atoms with Crippen molar-refractivity contribution in [2.45, 2.75) is 32.7 Å². The quantitative estimate of drug-likeness (QED) is 0.121. The fourth-order valence-corrected chi connectivity index (χ4v) is 7.00. The molecule has 2 heterocycles. The maximum atomic E-state index is 14.1. The number of aryl methyl sites for hydroxylation is 1. The number of thiazole rings is 1. The number of nitrogens with zero attached hydrogens (tertiary/aromatic N) is 3. The first-order chi connectivity index (χ1) is 20.2. The minimum atomic E-state index is -0.538. The van der Waals surface area contributed by atoms with Crippen LogP contribution >= 0.6 is 27.3 Å². The second-order valence-corrected chi connectivity index (χ2v) is 11.7. The molecule has 1 aromatic heterocycles. The average Bonchev–Trinajstić information content (AvgIpc) is 3.27. The van der Waals surface area contributed by atoms with Crippen LogP contribution in [0.1, 0.15) is 48.6 Å². The second kappa shape index (κ2) is 11.1. The van der Waals surface area contributed by atoms with Gasteiger partial charge in [0.25, 0.3) is 11.2 Å². The molecule has 0 N–H and O–H groups in total. The Balaban J connectivity index is 1.57. The molecular formula is C31H24BrN3O6S. The first kappa shape index (κ1) is 27.8. The fraction of sp³-hybridized carbons (Fsp3) is 0.194. The van der Waals surface area contributed by atoms with E-state index in [0.29, 0.717) is 43.7 Å². The Labute approximate surface area is 252 Å². The summed E-state index contributed by atoms with van der Waals surface area (Å²) in [5, 5.41) is 11.6. The van der Waals surface area contributed by atoms with E-state index in [1.54, 1.807) is 28.8 Å². The van der Waals surface area contributed by atoms with Crippen molar-refractivity contribution in [3.8, 4) is 11.5 Å². The highest BCUT2D eigenvalue weighted by atomic mass is 79.9. The van der Waals surface area contributed by atoms with Gasteiger partial charge >= 0.3 is 5.97 Å². The lowest BCUT2D eigenvalue weighted by Gasteiger charge is -2.30. The molecule has 6 rings (SSSR count). The normalized spacial score (nSPS) is 15.8. The predicted octanol–water partition coefficient (Wildman–Crippen LogP) is 5.31. The summed E-state index contributed by atoms with van der Waals surface area (Å²) in [5.41, 5.74) is 4.99. The largest absolute Gasteiger partial charge is 0.490 e. The van der Waals surface area contributed by atoms with E-state index in [2.05, 4.69) is 22.0 Å². The van der Waals surface area contributed by atoms with Gasteiger partial charge in [-0.05, 0) is 76.2 Å². The van der Waals surface area contributed by atoms with Crippen molar-refractivity contribution in [2.24, 2.45) is 4.99 Å². The Hall–Kier alpha value is -4.35.